The number of aryl methyl sites for hydroxylation is 3. The average Bonchev–Trinajstić information content (AvgIpc) is 2.57. The van der Waals surface area contributed by atoms with Crippen LogP contribution in [0.2, 0.25) is 0 Å². The molecular formula is C22H28N2O+2. The highest BCUT2D eigenvalue weighted by molar-refractivity contribution is 5.87. The molecule has 0 spiro atoms. The van der Waals surface area contributed by atoms with E-state index in [1.807, 2.05) is 6.07 Å². The van der Waals surface area contributed by atoms with Crippen molar-refractivity contribution in [1.29, 1.82) is 0 Å². The summed E-state index contributed by atoms with van der Waals surface area (Å²) in [7, 11) is 0. The minimum absolute atomic E-state index is 0.433. The fourth-order valence-corrected chi connectivity index (χ4v) is 3.65. The first kappa shape index (κ1) is 17.4. The van der Waals surface area contributed by atoms with Crippen molar-refractivity contribution in [2.75, 3.05) is 6.54 Å². The van der Waals surface area contributed by atoms with Crippen molar-refractivity contribution in [3.05, 3.63) is 70.4 Å². The highest BCUT2D eigenvalue weighted by Crippen LogP contribution is 2.30. The summed E-state index contributed by atoms with van der Waals surface area (Å²) in [4.78, 5) is 4.93. The predicted molar refractivity (Wildman–Crippen MR) is 102 cm³/mol. The second-order valence-corrected chi connectivity index (χ2v) is 7.02. The molecule has 0 saturated carbocycles. The van der Waals surface area contributed by atoms with E-state index in [1.165, 1.54) is 16.0 Å². The van der Waals surface area contributed by atoms with E-state index < -0.39 is 0 Å². The Balaban J connectivity index is 1.97. The van der Waals surface area contributed by atoms with Gasteiger partial charge in [-0.05, 0) is 31.9 Å². The Hall–Kier alpha value is -2.39. The number of aromatic amines is 1. The molecule has 0 radical (unpaired) electrons. The summed E-state index contributed by atoms with van der Waals surface area (Å²) < 4.78 is 0. The van der Waals surface area contributed by atoms with Crippen LogP contribution in [0, 0.1) is 20.8 Å². The number of pyridine rings is 1. The lowest BCUT2D eigenvalue weighted by Gasteiger charge is -2.19. The summed E-state index contributed by atoms with van der Waals surface area (Å²) in [6, 6.07) is 14.8. The molecule has 1 unspecified atom stereocenters. The fraction of sp³-hybridized carbons (Fsp3) is 0.318. The zero-order chi connectivity index (χ0) is 18.0. The van der Waals surface area contributed by atoms with Gasteiger partial charge in [0, 0.05) is 18.6 Å². The molecule has 1 atom stereocenters. The van der Waals surface area contributed by atoms with Crippen molar-refractivity contribution in [2.45, 2.75) is 40.8 Å². The largest absolute Gasteiger partial charge is 0.506 e. The SMILES string of the molecule is CC[NH+](Cc1ccccc1)Cc1c(C)[nH+]c2cc(C)cc(C)c2c1O. The van der Waals surface area contributed by atoms with Gasteiger partial charge in [0.25, 0.3) is 0 Å². The predicted octanol–water partition coefficient (Wildman–Crippen LogP) is 2.89. The second kappa shape index (κ2) is 7.24. The van der Waals surface area contributed by atoms with E-state index >= 15 is 0 Å². The molecule has 0 aliphatic heterocycles. The van der Waals surface area contributed by atoms with Gasteiger partial charge in [0.15, 0.2) is 5.69 Å². The topological polar surface area (TPSA) is 38.8 Å². The first-order chi connectivity index (χ1) is 12.0. The van der Waals surface area contributed by atoms with Crippen LogP contribution in [0.5, 0.6) is 5.75 Å². The maximum absolute atomic E-state index is 11.0. The van der Waals surface area contributed by atoms with Gasteiger partial charge in [-0.15, -0.1) is 0 Å². The van der Waals surface area contributed by atoms with Crippen LogP contribution in [0.4, 0.5) is 0 Å². The van der Waals surface area contributed by atoms with Crippen LogP contribution in [0.3, 0.4) is 0 Å². The molecule has 3 aromatic rings. The Labute approximate surface area is 149 Å². The van der Waals surface area contributed by atoms with E-state index in [0.717, 1.165) is 47.4 Å². The zero-order valence-electron chi connectivity index (χ0n) is 15.6. The summed E-state index contributed by atoms with van der Waals surface area (Å²) >= 11 is 0. The van der Waals surface area contributed by atoms with Crippen LogP contribution < -0.4 is 9.88 Å². The Bertz CT molecular complexity index is 888. The maximum atomic E-state index is 11.0. The molecule has 3 N–H and O–H groups in total. The third-order valence-electron chi connectivity index (χ3n) is 5.00. The van der Waals surface area contributed by atoms with Crippen molar-refractivity contribution in [1.82, 2.24) is 0 Å². The number of hydrogen-bond acceptors (Lipinski definition) is 1. The first-order valence-electron chi connectivity index (χ1n) is 9.01. The van der Waals surface area contributed by atoms with E-state index in [0.29, 0.717) is 5.75 Å². The number of rotatable bonds is 5. The molecule has 25 heavy (non-hydrogen) atoms. The average molecular weight is 336 g/mol. The number of quaternary nitrogens is 1. The minimum Gasteiger partial charge on any atom is -0.506 e. The molecule has 2 aromatic carbocycles. The molecule has 0 bridgehead atoms. The van der Waals surface area contributed by atoms with Crippen LogP contribution >= 0.6 is 0 Å². The van der Waals surface area contributed by atoms with Crippen molar-refractivity contribution in [2.24, 2.45) is 0 Å². The molecule has 0 aliphatic rings. The number of benzene rings is 2. The molecule has 0 fully saturated rings. The summed E-state index contributed by atoms with van der Waals surface area (Å²) in [5.41, 5.74) is 6.73. The fourth-order valence-electron chi connectivity index (χ4n) is 3.65. The molecule has 1 aromatic heterocycles. The number of hydrogen-bond donors (Lipinski definition) is 2. The van der Waals surface area contributed by atoms with Gasteiger partial charge in [-0.1, -0.05) is 36.4 Å². The number of nitrogens with one attached hydrogen (secondary N) is 2. The standard InChI is InChI=1S/C22H26N2O/c1-5-24(13-18-9-7-6-8-10-18)14-19-17(4)23-20-12-15(2)11-16(3)21(20)22(19)25/h6-12H,5,13-14H2,1-4H3,(H,23,25)/p+2. The van der Waals surface area contributed by atoms with E-state index in [2.05, 4.69) is 69.1 Å². The highest BCUT2D eigenvalue weighted by Gasteiger charge is 2.22. The van der Waals surface area contributed by atoms with Gasteiger partial charge < -0.3 is 10.0 Å². The molecule has 0 saturated heterocycles. The van der Waals surface area contributed by atoms with Gasteiger partial charge >= 0.3 is 0 Å². The van der Waals surface area contributed by atoms with Crippen molar-refractivity contribution in [3.8, 4) is 5.75 Å². The normalized spacial score (nSPS) is 12.5. The summed E-state index contributed by atoms with van der Waals surface area (Å²) in [5, 5.41) is 11.9. The van der Waals surface area contributed by atoms with Crippen LogP contribution in [0.1, 0.15) is 34.9 Å². The summed E-state index contributed by atoms with van der Waals surface area (Å²) in [6.45, 7) is 11.2. The summed E-state index contributed by atoms with van der Waals surface area (Å²) in [6.07, 6.45) is 0. The molecule has 0 amide bonds. The lowest BCUT2D eigenvalue weighted by atomic mass is 10.0. The number of aromatic hydroxyl groups is 1. The molecule has 3 rings (SSSR count). The van der Waals surface area contributed by atoms with E-state index in [4.69, 9.17) is 0 Å². The van der Waals surface area contributed by atoms with Crippen molar-refractivity contribution >= 4 is 10.9 Å². The van der Waals surface area contributed by atoms with E-state index in [9.17, 15) is 5.11 Å². The maximum Gasteiger partial charge on any atom is 0.215 e. The molecule has 3 nitrogen and oxygen atoms in total. The number of H-pyrrole nitrogens is 1. The Morgan fingerprint density at radius 3 is 2.40 bits per heavy atom. The van der Waals surface area contributed by atoms with Crippen LogP contribution in [0.25, 0.3) is 10.9 Å². The zero-order valence-corrected chi connectivity index (χ0v) is 15.6. The smallest absolute Gasteiger partial charge is 0.215 e. The number of fused-ring (bicyclic) bond motifs is 1. The molecule has 130 valence electrons. The highest BCUT2D eigenvalue weighted by atomic mass is 16.3. The third-order valence-corrected chi connectivity index (χ3v) is 5.00. The van der Waals surface area contributed by atoms with Gasteiger partial charge in [0.1, 0.15) is 24.4 Å². The van der Waals surface area contributed by atoms with Crippen LogP contribution in [-0.4, -0.2) is 11.7 Å². The minimum atomic E-state index is 0.433. The summed E-state index contributed by atoms with van der Waals surface area (Å²) in [5.74, 6) is 0.433. The van der Waals surface area contributed by atoms with Gasteiger partial charge in [-0.25, -0.2) is 4.98 Å². The van der Waals surface area contributed by atoms with Crippen LogP contribution in [-0.2, 0) is 13.1 Å². The lowest BCUT2D eigenvalue weighted by molar-refractivity contribution is -0.926. The van der Waals surface area contributed by atoms with Gasteiger partial charge in [0.2, 0.25) is 5.52 Å². The third kappa shape index (κ3) is 3.67. The Morgan fingerprint density at radius 1 is 1.00 bits per heavy atom. The quantitative estimate of drug-likeness (QED) is 0.739. The molecular weight excluding hydrogens is 308 g/mol. The molecule has 1 heterocycles. The molecule has 0 aliphatic carbocycles. The molecule has 3 heteroatoms. The Morgan fingerprint density at radius 2 is 1.72 bits per heavy atom. The van der Waals surface area contributed by atoms with Crippen LogP contribution in [0.15, 0.2) is 42.5 Å². The van der Waals surface area contributed by atoms with Crippen molar-refractivity contribution in [3.63, 3.8) is 0 Å². The van der Waals surface area contributed by atoms with E-state index in [-0.39, 0.29) is 0 Å². The monoisotopic (exact) mass is 336 g/mol. The Kier molecular flexibility index (Phi) is 5.05. The van der Waals surface area contributed by atoms with Gasteiger partial charge in [0.05, 0.1) is 11.9 Å². The lowest BCUT2D eigenvalue weighted by Crippen LogP contribution is -3.09. The van der Waals surface area contributed by atoms with Crippen molar-refractivity contribution < 1.29 is 15.0 Å². The second-order valence-electron chi connectivity index (χ2n) is 7.02. The van der Waals surface area contributed by atoms with Gasteiger partial charge in [-0.3, -0.25) is 0 Å². The number of aromatic nitrogens is 1. The van der Waals surface area contributed by atoms with E-state index in [1.54, 1.807) is 0 Å². The first-order valence-corrected chi connectivity index (χ1v) is 9.01. The van der Waals surface area contributed by atoms with Gasteiger partial charge in [-0.2, -0.15) is 0 Å².